The van der Waals surface area contributed by atoms with Gasteiger partial charge in [-0.15, -0.1) is 11.3 Å². The maximum atomic E-state index is 15.8. The summed E-state index contributed by atoms with van der Waals surface area (Å²) in [6.07, 6.45) is 3.28. The van der Waals surface area contributed by atoms with Crippen LogP contribution < -0.4 is 15.4 Å². The molecule has 22 heteroatoms. The number of aliphatic hydroxyl groups excluding tert-OH is 1. The molecule has 7 heterocycles. The number of β-amino-alcohol motifs (C(OH)–C–C–N with tert-alkyl or cyclic N) is 1. The number of likely N-dealkylation sites (tertiary alicyclic amines) is 2. The molecule has 4 aliphatic heterocycles. The second-order valence-corrected chi connectivity index (χ2v) is 25.4. The Labute approximate surface area is 474 Å². The number of amides is 2. The van der Waals surface area contributed by atoms with Crippen LogP contribution in [0.3, 0.4) is 0 Å². The second-order valence-electron chi connectivity index (χ2n) is 22.9. The van der Waals surface area contributed by atoms with Gasteiger partial charge < -0.3 is 25.6 Å². The molecule has 0 saturated carbocycles. The van der Waals surface area contributed by atoms with Crippen molar-refractivity contribution in [1.82, 2.24) is 49.5 Å². The third kappa shape index (κ3) is 13.1. The van der Waals surface area contributed by atoms with Gasteiger partial charge in [-0.1, -0.05) is 75.9 Å². The molecule has 430 valence electrons. The van der Waals surface area contributed by atoms with E-state index < -0.39 is 75.2 Å². The van der Waals surface area contributed by atoms with Crippen molar-refractivity contribution in [2.24, 2.45) is 5.41 Å². The number of nitrogens with one attached hydrogen (secondary N) is 4. The number of piperazine rings is 1. The Balaban J connectivity index is 0.678. The highest BCUT2D eigenvalue weighted by atomic mass is 32.2. The molecule has 0 unspecified atom stereocenters. The zero-order valence-corrected chi connectivity index (χ0v) is 47.7. The molecular weight excluding hydrogens is 1080 g/mol. The lowest BCUT2D eigenvalue weighted by molar-refractivity contribution is -0.140. The van der Waals surface area contributed by atoms with Gasteiger partial charge in [0.1, 0.15) is 23.7 Å². The number of aryl methyl sites for hydroxylation is 1. The van der Waals surface area contributed by atoms with Crippen LogP contribution in [0.15, 0.2) is 96.9 Å². The zero-order valence-electron chi connectivity index (χ0n) is 46.1. The van der Waals surface area contributed by atoms with Crippen LogP contribution in [0.5, 0.6) is 0 Å². The monoisotopic (exact) mass is 1150 g/mol. The average Bonchev–Trinajstić information content (AvgIpc) is 4.45. The number of benzene rings is 3. The summed E-state index contributed by atoms with van der Waals surface area (Å²) in [5.74, 6) is -4.01. The quantitative estimate of drug-likeness (QED) is 0.0542. The van der Waals surface area contributed by atoms with Gasteiger partial charge in [0.2, 0.25) is 17.6 Å². The lowest BCUT2D eigenvalue weighted by Gasteiger charge is -2.43. The van der Waals surface area contributed by atoms with E-state index in [1.54, 1.807) is 28.5 Å². The Hall–Kier alpha value is -6.53. The minimum atomic E-state index is -4.37. The summed E-state index contributed by atoms with van der Waals surface area (Å²) in [6, 6.07) is 18.9. The summed E-state index contributed by atoms with van der Waals surface area (Å²) < 4.78 is 73.4. The topological polar surface area (TPSA) is 199 Å². The number of pyridine rings is 1. The highest BCUT2D eigenvalue weighted by Crippen LogP contribution is 2.33. The van der Waals surface area contributed by atoms with Gasteiger partial charge in [-0.05, 0) is 85.1 Å². The molecule has 4 atom stereocenters. The number of thiazole rings is 1. The number of carbonyl (C=O) groups is 3. The van der Waals surface area contributed by atoms with Crippen molar-refractivity contribution in [3.8, 4) is 21.6 Å². The van der Waals surface area contributed by atoms with Gasteiger partial charge in [-0.2, -0.15) is 12.7 Å². The summed E-state index contributed by atoms with van der Waals surface area (Å²) in [5.41, 5.74) is 6.38. The van der Waals surface area contributed by atoms with E-state index >= 15 is 8.78 Å². The van der Waals surface area contributed by atoms with Crippen LogP contribution in [0.25, 0.3) is 32.6 Å². The molecule has 2 amide bonds. The Morgan fingerprint density at radius 2 is 1.58 bits per heavy atom. The van der Waals surface area contributed by atoms with Gasteiger partial charge >= 0.3 is 10.2 Å². The van der Waals surface area contributed by atoms with E-state index in [4.69, 9.17) is 0 Å². The largest absolute Gasteiger partial charge is 0.391 e. The van der Waals surface area contributed by atoms with Crippen molar-refractivity contribution in [1.29, 1.82) is 0 Å². The maximum Gasteiger partial charge on any atom is 0.301 e. The molecule has 17 nitrogen and oxygen atoms in total. The number of aromatic amines is 1. The molecule has 6 aromatic rings. The highest BCUT2D eigenvalue weighted by Gasteiger charge is 2.43. The summed E-state index contributed by atoms with van der Waals surface area (Å²) in [5, 5.41) is 17.6. The molecule has 5 N–H and O–H groups in total. The predicted octanol–water partition coefficient (Wildman–Crippen LogP) is 7.25. The van der Waals surface area contributed by atoms with Crippen molar-refractivity contribution in [3.63, 3.8) is 0 Å². The summed E-state index contributed by atoms with van der Waals surface area (Å²) in [6.45, 7) is 18.2. The third-order valence-corrected chi connectivity index (χ3v) is 18.6. The van der Waals surface area contributed by atoms with Crippen LogP contribution in [0, 0.1) is 24.0 Å². The predicted molar refractivity (Wildman–Crippen MR) is 307 cm³/mol. The van der Waals surface area contributed by atoms with E-state index in [1.165, 1.54) is 6.20 Å². The van der Waals surface area contributed by atoms with Crippen molar-refractivity contribution in [2.45, 2.75) is 96.9 Å². The molecular formula is C59H70F3N11O6S2. The number of hydrogen-bond donors (Lipinski definition) is 5. The van der Waals surface area contributed by atoms with Crippen LogP contribution in [0.4, 0.5) is 18.9 Å². The Kier molecular flexibility index (Phi) is 17.2. The fraction of sp³-hybridized carbons (Fsp3) is 0.441. The summed E-state index contributed by atoms with van der Waals surface area (Å²) >= 11 is 1.61. The highest BCUT2D eigenvalue weighted by molar-refractivity contribution is 7.90. The van der Waals surface area contributed by atoms with Crippen molar-refractivity contribution in [3.05, 3.63) is 136 Å². The van der Waals surface area contributed by atoms with Crippen molar-refractivity contribution >= 4 is 55.9 Å². The minimum absolute atomic E-state index is 0.00151. The smallest absolute Gasteiger partial charge is 0.301 e. The molecule has 3 aromatic heterocycles. The summed E-state index contributed by atoms with van der Waals surface area (Å²) in [4.78, 5) is 63.6. The molecule has 0 spiro atoms. The number of alkyl halides is 1. The second kappa shape index (κ2) is 24.1. The van der Waals surface area contributed by atoms with Gasteiger partial charge in [0.25, 0.3) is 0 Å². The molecule has 81 heavy (non-hydrogen) atoms. The Morgan fingerprint density at radius 3 is 2.25 bits per heavy atom. The standard InChI is InChI=1S/C59H70F3N11O6S2/c1-36(63-28-38-6-12-41(13-7-38)55-37(2)66-35-80-55)50-27-45(74)33-73(50)58(77)56(59(3,4)5)67-51(75)34-70-22-24-71(25-23-70)44-17-19-69(20-18-44)31-39-8-10-40(11-9-39)42-26-46-47(30-65-57(46)64-29-42)54(76)52-48(61)14-15-49(53(52)62)68-81(78,79)72-21-16-43(60)32-72/h6-15,26,29-30,35,43-45,50,56,63,68,74H,1,16-25,27-28,31-34H2,2-5H3,(H,64,65)(H,67,75)/t43-,45-,50+,56-/m1/s1. The number of aromatic nitrogens is 3. The first-order chi connectivity index (χ1) is 38.7. The molecule has 4 saturated heterocycles. The number of hydrogen-bond acceptors (Lipinski definition) is 13. The fourth-order valence-corrected chi connectivity index (χ4v) is 13.6. The average molecular weight is 1150 g/mol. The molecule has 0 aliphatic carbocycles. The first-order valence-electron chi connectivity index (χ1n) is 27.6. The van der Waals surface area contributed by atoms with E-state index in [0.717, 1.165) is 108 Å². The van der Waals surface area contributed by atoms with Crippen LogP contribution in [-0.4, -0.2) is 166 Å². The number of carbonyl (C=O) groups excluding carboxylic acids is 3. The van der Waals surface area contributed by atoms with Gasteiger partial charge in [-0.25, -0.2) is 23.1 Å². The van der Waals surface area contributed by atoms with E-state index in [0.29, 0.717) is 41.3 Å². The number of aliphatic hydroxyl groups is 1. The van der Waals surface area contributed by atoms with Gasteiger partial charge in [0.05, 0.1) is 46.0 Å². The number of nitrogens with zero attached hydrogens (tertiary/aromatic N) is 7. The first-order valence-corrected chi connectivity index (χ1v) is 29.9. The molecule has 4 aliphatic rings. The third-order valence-electron chi connectivity index (χ3n) is 16.2. The van der Waals surface area contributed by atoms with Crippen LogP contribution in [-0.2, 0) is 32.9 Å². The minimum Gasteiger partial charge on any atom is -0.391 e. The van der Waals surface area contributed by atoms with E-state index in [9.17, 15) is 32.3 Å². The van der Waals surface area contributed by atoms with Crippen LogP contribution >= 0.6 is 11.3 Å². The number of ketones is 1. The Bertz CT molecular complexity index is 3390. The summed E-state index contributed by atoms with van der Waals surface area (Å²) in [7, 11) is -4.37. The lowest BCUT2D eigenvalue weighted by Crippen LogP contribution is -2.59. The van der Waals surface area contributed by atoms with Crippen molar-refractivity contribution in [2.75, 3.05) is 70.2 Å². The van der Waals surface area contributed by atoms with Crippen LogP contribution in [0.1, 0.15) is 79.2 Å². The number of fused-ring (bicyclic) bond motifs is 1. The molecule has 10 rings (SSSR count). The number of anilines is 1. The maximum absolute atomic E-state index is 15.8. The zero-order chi connectivity index (χ0) is 57.3. The van der Waals surface area contributed by atoms with Crippen molar-refractivity contribution < 1.29 is 41.1 Å². The number of piperidine rings is 1. The normalized spacial score (nSPS) is 20.4. The molecule has 0 radical (unpaired) electrons. The first kappa shape index (κ1) is 57.7. The van der Waals surface area contributed by atoms with E-state index in [-0.39, 0.29) is 43.4 Å². The molecule has 4 fully saturated rings. The van der Waals surface area contributed by atoms with Gasteiger partial charge in [-0.3, -0.25) is 33.8 Å². The van der Waals surface area contributed by atoms with E-state index in [2.05, 4.69) is 71.1 Å². The van der Waals surface area contributed by atoms with Gasteiger partial charge in [0, 0.05) is 106 Å². The van der Waals surface area contributed by atoms with E-state index in [1.807, 2.05) is 62.2 Å². The SMILES string of the molecule is C=C(NCc1ccc(-c2scnc2C)cc1)[C@@H]1C[C@@H](O)CN1C(=O)[C@@H](NC(=O)CN1CCN(C2CCN(Cc3ccc(-c4cnc5[nH]cc(C(=O)c6c(F)ccc(NS(=O)(=O)N7CC[C@@H](F)C7)c6F)c5c4)cc3)CC2)CC1)C(C)(C)C. The number of H-pyrrole nitrogens is 1. The fourth-order valence-electron chi connectivity index (χ4n) is 11.5. The van der Waals surface area contributed by atoms with Crippen LogP contribution in [0.2, 0.25) is 0 Å². The molecule has 0 bridgehead atoms. The van der Waals surface area contributed by atoms with Gasteiger partial charge in [0.15, 0.2) is 5.82 Å². The number of rotatable bonds is 18. The number of halogens is 3. The lowest BCUT2D eigenvalue weighted by atomic mass is 9.85. The Morgan fingerprint density at radius 1 is 0.877 bits per heavy atom. The molecule has 3 aromatic carbocycles.